The summed E-state index contributed by atoms with van der Waals surface area (Å²) in [5.74, 6) is -1.20. The number of benzene rings is 2. The summed E-state index contributed by atoms with van der Waals surface area (Å²) >= 11 is 0.415. The fraction of sp³-hybridized carbons (Fsp3) is 0.312. The van der Waals surface area contributed by atoms with Crippen molar-refractivity contribution >= 4 is 44.6 Å². The molecule has 2 atom stereocenters. The lowest BCUT2D eigenvalue weighted by atomic mass is 9.79. The zero-order valence-corrected chi connectivity index (χ0v) is 26.1. The molecule has 0 saturated heterocycles. The number of hydrogen-bond acceptors (Lipinski definition) is 6. The molecule has 0 radical (unpaired) electrons. The van der Waals surface area contributed by atoms with Gasteiger partial charge in [-0.15, -0.1) is 5.11 Å². The summed E-state index contributed by atoms with van der Waals surface area (Å²) in [6.07, 6.45) is 1.96. The van der Waals surface area contributed by atoms with Gasteiger partial charge in [0.25, 0.3) is 5.91 Å². The second-order valence-corrected chi connectivity index (χ2v) is 12.4. The van der Waals surface area contributed by atoms with Crippen molar-refractivity contribution in [2.24, 2.45) is 17.0 Å². The van der Waals surface area contributed by atoms with Gasteiger partial charge in [-0.25, -0.2) is 15.3 Å². The number of rotatable bonds is 6. The fourth-order valence-electron chi connectivity index (χ4n) is 5.66. The number of urea groups is 1. The number of nitrogens with one attached hydrogen (secondary N) is 4. The number of fused-ring (bicyclic) bond motifs is 1. The van der Waals surface area contributed by atoms with Crippen molar-refractivity contribution in [3.63, 3.8) is 0 Å². The quantitative estimate of drug-likeness (QED) is 0.0676. The highest BCUT2D eigenvalue weighted by Crippen LogP contribution is 2.43. The Kier molecular flexibility index (Phi) is 9.84. The molecule has 2 aromatic carbocycles. The van der Waals surface area contributed by atoms with Gasteiger partial charge in [0.1, 0.15) is 0 Å². The van der Waals surface area contributed by atoms with Crippen LogP contribution in [0.2, 0.25) is 0 Å². The van der Waals surface area contributed by atoms with Crippen LogP contribution in [-0.2, 0) is 18.9 Å². The summed E-state index contributed by atoms with van der Waals surface area (Å²) in [6, 6.07) is 5.78. The maximum absolute atomic E-state index is 13.8. The number of alkyl halides is 6. The number of guanidine groups is 1. The number of anilines is 1. The molecule has 0 fully saturated rings. The van der Waals surface area contributed by atoms with E-state index in [1.54, 1.807) is 18.2 Å². The van der Waals surface area contributed by atoms with E-state index in [0.29, 0.717) is 28.7 Å². The topological polar surface area (TPSA) is 134 Å². The monoisotopic (exact) mass is 689 g/mol. The van der Waals surface area contributed by atoms with Crippen molar-refractivity contribution in [3.8, 4) is 0 Å². The van der Waals surface area contributed by atoms with Crippen LogP contribution in [-0.4, -0.2) is 27.8 Å². The van der Waals surface area contributed by atoms with E-state index >= 15 is 0 Å². The van der Waals surface area contributed by atoms with Crippen LogP contribution in [0.4, 0.5) is 36.3 Å². The van der Waals surface area contributed by atoms with E-state index in [4.69, 9.17) is 10.9 Å². The third kappa shape index (κ3) is 7.81. The van der Waals surface area contributed by atoms with Gasteiger partial charge in [0.15, 0.2) is 5.13 Å². The minimum absolute atomic E-state index is 0.00827. The molecule has 0 aliphatic heterocycles. The molecule has 0 saturated carbocycles. The molecule has 1 aromatic heterocycles. The third-order valence-electron chi connectivity index (χ3n) is 8.02. The Morgan fingerprint density at radius 3 is 2.42 bits per heavy atom. The number of amides is 3. The molecular formula is C32H29F6N7O2S. The van der Waals surface area contributed by atoms with E-state index in [2.05, 4.69) is 26.8 Å². The highest BCUT2D eigenvalue weighted by molar-refractivity contribution is 7.22. The lowest BCUT2D eigenvalue weighted by Crippen LogP contribution is -2.35. The van der Waals surface area contributed by atoms with E-state index < -0.39 is 51.6 Å². The predicted octanol–water partition coefficient (Wildman–Crippen LogP) is 9.27. The van der Waals surface area contributed by atoms with Gasteiger partial charge in [-0.05, 0) is 67.5 Å². The lowest BCUT2D eigenvalue weighted by molar-refractivity contribution is -0.142. The van der Waals surface area contributed by atoms with Crippen molar-refractivity contribution in [3.05, 3.63) is 94.2 Å². The van der Waals surface area contributed by atoms with Crippen LogP contribution in [0.3, 0.4) is 0 Å². The number of thiazole rings is 1. The molecule has 2 aliphatic rings. The van der Waals surface area contributed by atoms with Gasteiger partial charge in [0.2, 0.25) is 5.96 Å². The van der Waals surface area contributed by atoms with Crippen LogP contribution in [0.25, 0.3) is 10.2 Å². The predicted molar refractivity (Wildman–Crippen MR) is 167 cm³/mol. The first-order valence-corrected chi connectivity index (χ1v) is 15.6. The zero-order valence-electron chi connectivity index (χ0n) is 25.3. The van der Waals surface area contributed by atoms with E-state index in [0.717, 1.165) is 25.7 Å². The van der Waals surface area contributed by atoms with Crippen molar-refractivity contribution in [1.82, 2.24) is 15.2 Å². The molecule has 0 bridgehead atoms. The molecule has 1 heterocycles. The fourth-order valence-corrected chi connectivity index (χ4v) is 6.63. The molecular weight excluding hydrogens is 660 g/mol. The summed E-state index contributed by atoms with van der Waals surface area (Å²) in [6.45, 7) is 1.96. The van der Waals surface area contributed by atoms with E-state index in [9.17, 15) is 35.9 Å². The summed E-state index contributed by atoms with van der Waals surface area (Å²) in [7, 11) is 0. The molecule has 48 heavy (non-hydrogen) atoms. The van der Waals surface area contributed by atoms with Gasteiger partial charge >= 0.3 is 18.4 Å². The maximum atomic E-state index is 13.8. The Balaban J connectivity index is 1.46. The first-order chi connectivity index (χ1) is 22.6. The van der Waals surface area contributed by atoms with Crippen LogP contribution in [0.1, 0.15) is 59.7 Å². The summed E-state index contributed by atoms with van der Waals surface area (Å²) < 4.78 is 81.0. The highest BCUT2D eigenvalue weighted by Gasteiger charge is 2.39. The molecule has 2 aliphatic carbocycles. The molecule has 252 valence electrons. The number of halogens is 6. The van der Waals surface area contributed by atoms with Crippen LogP contribution < -0.4 is 10.6 Å². The Morgan fingerprint density at radius 1 is 1.08 bits per heavy atom. The molecule has 3 aromatic rings. The first kappa shape index (κ1) is 34.5. The third-order valence-corrected chi connectivity index (χ3v) is 9.04. The van der Waals surface area contributed by atoms with Crippen LogP contribution in [0.5, 0.6) is 0 Å². The molecule has 0 spiro atoms. The summed E-state index contributed by atoms with van der Waals surface area (Å²) in [4.78, 5) is 31.4. The number of allylic oxidation sites excluding steroid dienone is 5. The molecule has 2 unspecified atom stereocenters. The van der Waals surface area contributed by atoms with Gasteiger partial charge < -0.3 is 0 Å². The van der Waals surface area contributed by atoms with Crippen molar-refractivity contribution in [1.29, 1.82) is 10.9 Å². The maximum Gasteiger partial charge on any atom is 0.417 e. The number of carbonyl (C=O) groups is 2. The van der Waals surface area contributed by atoms with E-state index in [-0.39, 0.29) is 35.1 Å². The highest BCUT2D eigenvalue weighted by atomic mass is 32.1. The number of nitrogens with zero attached hydrogens (tertiary/aromatic N) is 3. The number of hydrogen-bond donors (Lipinski definition) is 4. The Bertz CT molecular complexity index is 1840. The van der Waals surface area contributed by atoms with Gasteiger partial charge in [0, 0.05) is 17.2 Å². The minimum Gasteiger partial charge on any atom is -0.290 e. The molecule has 5 rings (SSSR count). The SMILES string of the molecule is CC1C=C(N(Cc2ccc(C(=O)NC(=N)N=N)cc2)C(=O)Nc2nc3cc(C(F)(F)F)cc(C(F)(F)F)c3s2)C=CC1C1=CCCCC1. The van der Waals surface area contributed by atoms with Crippen molar-refractivity contribution in [2.45, 2.75) is 51.5 Å². The van der Waals surface area contributed by atoms with Gasteiger partial charge in [-0.1, -0.05) is 54.2 Å². The van der Waals surface area contributed by atoms with Gasteiger partial charge in [0.05, 0.1) is 27.9 Å². The van der Waals surface area contributed by atoms with E-state index in [1.165, 1.54) is 22.6 Å². The largest absolute Gasteiger partial charge is 0.417 e. The van der Waals surface area contributed by atoms with Crippen molar-refractivity contribution in [2.75, 3.05) is 5.32 Å². The van der Waals surface area contributed by atoms with Crippen LogP contribution in [0, 0.1) is 22.8 Å². The molecule has 3 amide bonds. The van der Waals surface area contributed by atoms with Gasteiger partial charge in [-0.3, -0.25) is 25.7 Å². The standard InChI is InChI=1S/C32H29F6N7O2S/c1-17-13-22(11-12-23(17)19-5-3-2-4-6-19)45(16-18-7-9-20(10-8-18)27(46)42-28(39)44-40)30(47)43-29-41-25-15-21(31(33,34)35)14-24(26(25)48-29)32(36,37)38/h5,7-15,17,23,40H,2-4,6,16H2,1H3,(H2,39,42,46)(H,41,43,47). The first-order valence-electron chi connectivity index (χ1n) is 14.8. The molecule has 4 N–H and O–H groups in total. The normalized spacial score (nSPS) is 18.1. The summed E-state index contributed by atoms with van der Waals surface area (Å²) in [5, 5.41) is 14.5. The van der Waals surface area contributed by atoms with Gasteiger partial charge in [-0.2, -0.15) is 26.3 Å². The lowest BCUT2D eigenvalue weighted by Gasteiger charge is -2.31. The average Bonchev–Trinajstić information content (AvgIpc) is 3.45. The minimum atomic E-state index is -5.10. The second-order valence-electron chi connectivity index (χ2n) is 11.4. The zero-order chi connectivity index (χ0) is 34.8. The van der Waals surface area contributed by atoms with Crippen molar-refractivity contribution < 1.29 is 35.9 Å². The smallest absolute Gasteiger partial charge is 0.290 e. The Labute approximate surface area is 274 Å². The van der Waals surface area contributed by atoms with Crippen LogP contribution in [0.15, 0.2) is 77.1 Å². The second kappa shape index (κ2) is 13.7. The molecule has 9 nitrogen and oxygen atoms in total. The molecule has 16 heteroatoms. The number of aromatic nitrogens is 1. The Hall–Kier alpha value is -4.86. The van der Waals surface area contributed by atoms with E-state index in [1.807, 2.05) is 19.1 Å². The Morgan fingerprint density at radius 2 is 1.81 bits per heavy atom. The number of carbonyl (C=O) groups excluding carboxylic acids is 2. The summed E-state index contributed by atoms with van der Waals surface area (Å²) in [5.41, 5.74) is 5.74. The van der Waals surface area contributed by atoms with Crippen LogP contribution >= 0.6 is 11.3 Å². The average molecular weight is 690 g/mol.